The maximum Gasteiger partial charge on any atom is 0.203 e. The zero-order valence-electron chi connectivity index (χ0n) is 12.5. The van der Waals surface area contributed by atoms with Crippen molar-refractivity contribution in [1.82, 2.24) is 9.55 Å². The van der Waals surface area contributed by atoms with Gasteiger partial charge in [0.05, 0.1) is 0 Å². The maximum absolute atomic E-state index is 5.38. The number of imidazole rings is 1. The molecule has 19 heavy (non-hydrogen) atoms. The van der Waals surface area contributed by atoms with Gasteiger partial charge in [0.1, 0.15) is 0 Å². The first-order chi connectivity index (χ1) is 9.13. The van der Waals surface area contributed by atoms with E-state index in [0.717, 1.165) is 32.1 Å². The van der Waals surface area contributed by atoms with E-state index in [-0.39, 0.29) is 0 Å². The summed E-state index contributed by atoms with van der Waals surface area (Å²) >= 11 is 0. The average Bonchev–Trinajstić information content (AvgIpc) is 2.93. The van der Waals surface area contributed by atoms with E-state index in [1.807, 2.05) is 13.1 Å². The minimum Gasteiger partial charge on any atom is -0.382 e. The summed E-state index contributed by atoms with van der Waals surface area (Å²) in [5.74, 6) is 1.01. The molecule has 1 aliphatic rings. The molecule has 1 aliphatic carbocycles. The molecule has 1 heterocycles. The minimum atomic E-state index is 0.377. The fourth-order valence-electron chi connectivity index (χ4n) is 2.86. The second-order valence-corrected chi connectivity index (χ2v) is 6.07. The fraction of sp³-hybridized carbons (Fsp3) is 0.800. The van der Waals surface area contributed by atoms with E-state index in [1.165, 1.54) is 19.3 Å². The van der Waals surface area contributed by atoms with E-state index in [4.69, 9.17) is 4.74 Å². The SMILES string of the molecule is CCOCCCn1ccnc1NC1CCCC1(C)C. The Kier molecular flexibility index (Phi) is 4.86. The van der Waals surface area contributed by atoms with Crippen molar-refractivity contribution in [2.45, 2.75) is 59.0 Å². The van der Waals surface area contributed by atoms with Gasteiger partial charge in [-0.1, -0.05) is 20.3 Å². The van der Waals surface area contributed by atoms with Crippen LogP contribution < -0.4 is 5.32 Å². The third kappa shape index (κ3) is 3.72. The van der Waals surface area contributed by atoms with Crippen molar-refractivity contribution in [1.29, 1.82) is 0 Å². The molecule has 0 aliphatic heterocycles. The van der Waals surface area contributed by atoms with E-state index in [2.05, 4.69) is 34.9 Å². The summed E-state index contributed by atoms with van der Waals surface area (Å²) < 4.78 is 7.59. The van der Waals surface area contributed by atoms with Gasteiger partial charge in [0.15, 0.2) is 0 Å². The van der Waals surface area contributed by atoms with Crippen molar-refractivity contribution in [3.05, 3.63) is 12.4 Å². The van der Waals surface area contributed by atoms with E-state index in [1.54, 1.807) is 0 Å². The number of aryl methyl sites for hydroxylation is 1. The molecule has 0 amide bonds. The summed E-state index contributed by atoms with van der Waals surface area (Å²) in [6.45, 7) is 9.32. The van der Waals surface area contributed by atoms with Crippen molar-refractivity contribution >= 4 is 5.95 Å². The molecule has 0 aromatic carbocycles. The van der Waals surface area contributed by atoms with Gasteiger partial charge >= 0.3 is 0 Å². The quantitative estimate of drug-likeness (QED) is 0.769. The molecule has 4 heteroatoms. The Morgan fingerprint density at radius 3 is 3.05 bits per heavy atom. The molecule has 0 saturated heterocycles. The number of hydrogen-bond donors (Lipinski definition) is 1. The minimum absolute atomic E-state index is 0.377. The van der Waals surface area contributed by atoms with Crippen LogP contribution in [0.25, 0.3) is 0 Å². The van der Waals surface area contributed by atoms with Crippen LogP contribution in [-0.2, 0) is 11.3 Å². The van der Waals surface area contributed by atoms with Gasteiger partial charge in [-0.15, -0.1) is 0 Å². The van der Waals surface area contributed by atoms with Crippen LogP contribution in [0.4, 0.5) is 5.95 Å². The van der Waals surface area contributed by atoms with E-state index >= 15 is 0 Å². The zero-order chi connectivity index (χ0) is 13.7. The molecular weight excluding hydrogens is 238 g/mol. The number of nitrogens with one attached hydrogen (secondary N) is 1. The molecule has 0 spiro atoms. The third-order valence-electron chi connectivity index (χ3n) is 4.17. The lowest BCUT2D eigenvalue weighted by molar-refractivity contribution is 0.141. The molecule has 1 fully saturated rings. The molecule has 1 atom stereocenters. The van der Waals surface area contributed by atoms with Crippen LogP contribution in [0.1, 0.15) is 46.5 Å². The third-order valence-corrected chi connectivity index (χ3v) is 4.17. The summed E-state index contributed by atoms with van der Waals surface area (Å²) in [4.78, 5) is 4.46. The topological polar surface area (TPSA) is 39.1 Å². The fourth-order valence-corrected chi connectivity index (χ4v) is 2.86. The summed E-state index contributed by atoms with van der Waals surface area (Å²) in [6.07, 6.45) is 8.83. The lowest BCUT2D eigenvalue weighted by Crippen LogP contribution is -2.32. The highest BCUT2D eigenvalue weighted by Crippen LogP contribution is 2.38. The molecule has 1 aromatic rings. The van der Waals surface area contributed by atoms with Crippen molar-refractivity contribution in [2.24, 2.45) is 5.41 Å². The van der Waals surface area contributed by atoms with Crippen LogP contribution in [0.15, 0.2) is 12.4 Å². The Hall–Kier alpha value is -1.03. The molecule has 1 aromatic heterocycles. The number of aromatic nitrogens is 2. The molecule has 4 nitrogen and oxygen atoms in total. The molecule has 1 saturated carbocycles. The van der Waals surface area contributed by atoms with Crippen molar-refractivity contribution in [3.8, 4) is 0 Å². The van der Waals surface area contributed by atoms with E-state index < -0.39 is 0 Å². The van der Waals surface area contributed by atoms with E-state index in [0.29, 0.717) is 11.5 Å². The van der Waals surface area contributed by atoms with Crippen molar-refractivity contribution < 1.29 is 4.74 Å². The Balaban J connectivity index is 1.88. The zero-order valence-corrected chi connectivity index (χ0v) is 12.5. The van der Waals surface area contributed by atoms with Gasteiger partial charge in [0.25, 0.3) is 0 Å². The standard InChI is InChI=1S/C15H27N3O/c1-4-19-12-6-10-18-11-9-16-14(18)17-13-7-5-8-15(13,2)3/h9,11,13H,4-8,10,12H2,1-3H3,(H,16,17). The van der Waals surface area contributed by atoms with Crippen LogP contribution in [-0.4, -0.2) is 28.8 Å². The van der Waals surface area contributed by atoms with Crippen LogP contribution in [0.2, 0.25) is 0 Å². The first-order valence-corrected chi connectivity index (χ1v) is 7.49. The molecule has 0 radical (unpaired) electrons. The van der Waals surface area contributed by atoms with Gasteiger partial charge in [0.2, 0.25) is 5.95 Å². The number of anilines is 1. The summed E-state index contributed by atoms with van der Waals surface area (Å²) in [5.41, 5.74) is 0.377. The molecular formula is C15H27N3O. The van der Waals surface area contributed by atoms with Gasteiger partial charge in [-0.3, -0.25) is 0 Å². The smallest absolute Gasteiger partial charge is 0.203 e. The molecule has 1 unspecified atom stereocenters. The summed E-state index contributed by atoms with van der Waals surface area (Å²) in [5, 5.41) is 3.63. The number of nitrogens with zero attached hydrogens (tertiary/aromatic N) is 2. The first-order valence-electron chi connectivity index (χ1n) is 7.49. The van der Waals surface area contributed by atoms with E-state index in [9.17, 15) is 0 Å². The second kappa shape index (κ2) is 6.42. The first kappa shape index (κ1) is 14.4. The maximum atomic E-state index is 5.38. The normalized spacial score (nSPS) is 21.7. The van der Waals surface area contributed by atoms with Crippen LogP contribution >= 0.6 is 0 Å². The van der Waals surface area contributed by atoms with Gasteiger partial charge in [-0.2, -0.15) is 0 Å². The lowest BCUT2D eigenvalue weighted by Gasteiger charge is -2.28. The number of ether oxygens (including phenoxy) is 1. The highest BCUT2D eigenvalue weighted by molar-refractivity contribution is 5.29. The molecule has 2 rings (SSSR count). The molecule has 108 valence electrons. The second-order valence-electron chi connectivity index (χ2n) is 6.07. The van der Waals surface area contributed by atoms with Gasteiger partial charge in [-0.25, -0.2) is 4.98 Å². The Labute approximate surface area is 116 Å². The summed E-state index contributed by atoms with van der Waals surface area (Å²) in [7, 11) is 0. The summed E-state index contributed by atoms with van der Waals surface area (Å²) in [6, 6.07) is 0.542. The average molecular weight is 265 g/mol. The molecule has 0 bridgehead atoms. The van der Waals surface area contributed by atoms with Crippen LogP contribution in [0, 0.1) is 5.41 Å². The molecule has 1 N–H and O–H groups in total. The van der Waals surface area contributed by atoms with Crippen LogP contribution in [0.5, 0.6) is 0 Å². The Morgan fingerprint density at radius 1 is 1.53 bits per heavy atom. The predicted molar refractivity (Wildman–Crippen MR) is 78.4 cm³/mol. The number of rotatable bonds is 7. The van der Waals surface area contributed by atoms with Gasteiger partial charge < -0.3 is 14.6 Å². The number of hydrogen-bond acceptors (Lipinski definition) is 3. The predicted octanol–water partition coefficient (Wildman–Crippen LogP) is 3.30. The monoisotopic (exact) mass is 265 g/mol. The highest BCUT2D eigenvalue weighted by Gasteiger charge is 2.34. The van der Waals surface area contributed by atoms with Crippen LogP contribution in [0.3, 0.4) is 0 Å². The van der Waals surface area contributed by atoms with Gasteiger partial charge in [0, 0.05) is 38.2 Å². The van der Waals surface area contributed by atoms with Crippen molar-refractivity contribution in [3.63, 3.8) is 0 Å². The van der Waals surface area contributed by atoms with Crippen molar-refractivity contribution in [2.75, 3.05) is 18.5 Å². The van der Waals surface area contributed by atoms with Gasteiger partial charge in [-0.05, 0) is 31.6 Å². The highest BCUT2D eigenvalue weighted by atomic mass is 16.5. The lowest BCUT2D eigenvalue weighted by atomic mass is 9.87. The largest absolute Gasteiger partial charge is 0.382 e. The Morgan fingerprint density at radius 2 is 2.37 bits per heavy atom. The Bertz CT molecular complexity index is 386.